The Balaban J connectivity index is 2.35. The van der Waals surface area contributed by atoms with E-state index in [2.05, 4.69) is 29.3 Å². The number of nitrogens with one attached hydrogen (secondary N) is 1. The molecule has 0 aliphatic rings. The monoisotopic (exact) mass is 279 g/mol. The van der Waals surface area contributed by atoms with Gasteiger partial charge in [-0.25, -0.2) is 0 Å². The van der Waals surface area contributed by atoms with Crippen molar-refractivity contribution in [3.8, 4) is 0 Å². The summed E-state index contributed by atoms with van der Waals surface area (Å²) in [4.78, 5) is 13.9. The van der Waals surface area contributed by atoms with Crippen LogP contribution in [0.4, 0.5) is 0 Å². The lowest BCUT2D eigenvalue weighted by Gasteiger charge is -2.25. The summed E-state index contributed by atoms with van der Waals surface area (Å²) in [5, 5.41) is 2.85. The van der Waals surface area contributed by atoms with Gasteiger partial charge in [0.25, 0.3) is 0 Å². The van der Waals surface area contributed by atoms with Crippen LogP contribution >= 0.6 is 0 Å². The molecule has 112 valence electrons. The van der Waals surface area contributed by atoms with Crippen molar-refractivity contribution in [2.75, 3.05) is 27.3 Å². The van der Waals surface area contributed by atoms with E-state index in [1.165, 1.54) is 12.7 Å². The maximum Gasteiger partial charge on any atom is 0.239 e. The third-order valence-corrected chi connectivity index (χ3v) is 3.28. The predicted octanol–water partition coefficient (Wildman–Crippen LogP) is 0.597. The van der Waals surface area contributed by atoms with Gasteiger partial charge in [-0.3, -0.25) is 9.69 Å². The molecule has 1 rings (SSSR count). The Labute approximate surface area is 121 Å². The number of nitrogens with two attached hydrogens (primary N) is 1. The summed E-state index contributed by atoms with van der Waals surface area (Å²) in [6, 6.07) is 9.87. The molecule has 0 fully saturated rings. The molecule has 0 aliphatic heterocycles. The number of hydrogen-bond donors (Lipinski definition) is 2. The van der Waals surface area contributed by atoms with E-state index in [0.717, 1.165) is 6.54 Å². The van der Waals surface area contributed by atoms with Crippen molar-refractivity contribution in [1.29, 1.82) is 0 Å². The number of hydrogen-bond acceptors (Lipinski definition) is 4. The predicted molar refractivity (Wildman–Crippen MR) is 80.2 cm³/mol. The molecule has 1 aromatic rings. The first kappa shape index (κ1) is 16.6. The Morgan fingerprint density at radius 1 is 1.40 bits per heavy atom. The summed E-state index contributed by atoms with van der Waals surface area (Å²) in [6.45, 7) is 3.73. The third kappa shape index (κ3) is 5.69. The highest BCUT2D eigenvalue weighted by Gasteiger charge is 2.15. The number of amides is 1. The van der Waals surface area contributed by atoms with Crippen LogP contribution in [0.25, 0.3) is 0 Å². The van der Waals surface area contributed by atoms with Gasteiger partial charge in [0, 0.05) is 26.2 Å². The van der Waals surface area contributed by atoms with Crippen molar-refractivity contribution in [1.82, 2.24) is 10.2 Å². The maximum atomic E-state index is 11.7. The molecule has 0 bridgehead atoms. The van der Waals surface area contributed by atoms with E-state index in [1.54, 1.807) is 0 Å². The second kappa shape index (κ2) is 8.68. The largest absolute Gasteiger partial charge is 0.383 e. The average Bonchev–Trinajstić information content (AvgIpc) is 2.45. The van der Waals surface area contributed by atoms with Gasteiger partial charge >= 0.3 is 0 Å². The number of likely N-dealkylation sites (N-methyl/N-ethyl adjacent to an activating group) is 1. The van der Waals surface area contributed by atoms with Crippen LogP contribution in [0.3, 0.4) is 0 Å². The molecule has 2 atom stereocenters. The Morgan fingerprint density at radius 2 is 2.05 bits per heavy atom. The molecule has 1 aromatic carbocycles. The smallest absolute Gasteiger partial charge is 0.239 e. The summed E-state index contributed by atoms with van der Waals surface area (Å²) in [5.74, 6) is -0.174. The highest BCUT2D eigenvalue weighted by molar-refractivity contribution is 5.81. The number of methoxy groups -OCH3 is 1. The first-order chi connectivity index (χ1) is 9.54. The van der Waals surface area contributed by atoms with Crippen LogP contribution in [0.15, 0.2) is 30.3 Å². The molecule has 5 heteroatoms. The zero-order valence-electron chi connectivity index (χ0n) is 12.5. The molecule has 0 saturated carbocycles. The molecule has 0 spiro atoms. The van der Waals surface area contributed by atoms with Gasteiger partial charge < -0.3 is 15.8 Å². The molecular weight excluding hydrogens is 254 g/mol. The van der Waals surface area contributed by atoms with Crippen LogP contribution in [0.2, 0.25) is 0 Å². The van der Waals surface area contributed by atoms with Crippen molar-refractivity contribution in [3.63, 3.8) is 0 Å². The van der Waals surface area contributed by atoms with Crippen LogP contribution < -0.4 is 11.1 Å². The molecule has 2 unspecified atom stereocenters. The highest BCUT2D eigenvalue weighted by Crippen LogP contribution is 2.05. The Hall–Kier alpha value is -1.43. The van der Waals surface area contributed by atoms with Gasteiger partial charge in [0.2, 0.25) is 5.91 Å². The van der Waals surface area contributed by atoms with E-state index in [0.29, 0.717) is 6.54 Å². The summed E-state index contributed by atoms with van der Waals surface area (Å²) < 4.78 is 4.86. The fourth-order valence-electron chi connectivity index (χ4n) is 1.82. The Bertz CT molecular complexity index is 397. The Morgan fingerprint density at radius 3 is 2.65 bits per heavy atom. The van der Waals surface area contributed by atoms with Gasteiger partial charge in [-0.1, -0.05) is 30.3 Å². The zero-order chi connectivity index (χ0) is 15.0. The number of nitrogens with zero attached hydrogens (tertiary/aromatic N) is 1. The standard InChI is InChI=1S/C15H25N3O2/c1-12(9-17-15(19)14(16)11-20-3)18(2)10-13-7-5-4-6-8-13/h4-8,12,14H,9-11,16H2,1-3H3,(H,17,19). The maximum absolute atomic E-state index is 11.7. The van der Waals surface area contributed by atoms with Crippen molar-refractivity contribution in [2.24, 2.45) is 5.73 Å². The summed E-state index contributed by atoms with van der Waals surface area (Å²) in [7, 11) is 3.57. The number of rotatable bonds is 8. The molecule has 0 saturated heterocycles. The molecule has 0 heterocycles. The van der Waals surface area contributed by atoms with Crippen LogP contribution in [0.1, 0.15) is 12.5 Å². The minimum Gasteiger partial charge on any atom is -0.383 e. The second-order valence-electron chi connectivity index (χ2n) is 5.06. The number of ether oxygens (including phenoxy) is 1. The van der Waals surface area contributed by atoms with E-state index in [4.69, 9.17) is 10.5 Å². The van der Waals surface area contributed by atoms with E-state index < -0.39 is 6.04 Å². The summed E-state index contributed by atoms with van der Waals surface area (Å²) >= 11 is 0. The highest BCUT2D eigenvalue weighted by atomic mass is 16.5. The van der Waals surface area contributed by atoms with Crippen LogP contribution in [-0.4, -0.2) is 50.2 Å². The van der Waals surface area contributed by atoms with E-state index in [9.17, 15) is 4.79 Å². The third-order valence-electron chi connectivity index (χ3n) is 3.28. The molecule has 3 N–H and O–H groups in total. The number of carbonyl (C=O) groups is 1. The normalized spacial score (nSPS) is 14.1. The molecule has 1 amide bonds. The van der Waals surface area contributed by atoms with Crippen molar-refractivity contribution in [2.45, 2.75) is 25.6 Å². The lowest BCUT2D eigenvalue weighted by atomic mass is 10.2. The lowest BCUT2D eigenvalue weighted by molar-refractivity contribution is -0.123. The quantitative estimate of drug-likeness (QED) is 0.731. The fraction of sp³-hybridized carbons (Fsp3) is 0.533. The van der Waals surface area contributed by atoms with Crippen molar-refractivity contribution < 1.29 is 9.53 Å². The van der Waals surface area contributed by atoms with Gasteiger partial charge in [0.15, 0.2) is 0 Å². The van der Waals surface area contributed by atoms with Crippen molar-refractivity contribution >= 4 is 5.91 Å². The molecule has 20 heavy (non-hydrogen) atoms. The summed E-state index contributed by atoms with van der Waals surface area (Å²) in [6.07, 6.45) is 0. The van der Waals surface area contributed by atoms with E-state index in [1.807, 2.05) is 25.2 Å². The number of carbonyl (C=O) groups excluding carboxylic acids is 1. The summed E-state index contributed by atoms with van der Waals surface area (Å²) in [5.41, 5.74) is 6.92. The van der Waals surface area contributed by atoms with Gasteiger partial charge in [-0.05, 0) is 19.5 Å². The minimum atomic E-state index is -0.605. The van der Waals surface area contributed by atoms with Gasteiger partial charge in [-0.2, -0.15) is 0 Å². The SMILES string of the molecule is COCC(N)C(=O)NCC(C)N(C)Cc1ccccc1. The second-order valence-corrected chi connectivity index (χ2v) is 5.06. The van der Waals surface area contributed by atoms with Crippen molar-refractivity contribution in [3.05, 3.63) is 35.9 Å². The van der Waals surface area contributed by atoms with Gasteiger partial charge in [-0.15, -0.1) is 0 Å². The van der Waals surface area contributed by atoms with E-state index in [-0.39, 0.29) is 18.6 Å². The van der Waals surface area contributed by atoms with Crippen LogP contribution in [0, 0.1) is 0 Å². The molecule has 5 nitrogen and oxygen atoms in total. The molecule has 0 aromatic heterocycles. The fourth-order valence-corrected chi connectivity index (χ4v) is 1.82. The Kier molecular flexibility index (Phi) is 7.22. The first-order valence-corrected chi connectivity index (χ1v) is 6.81. The van der Waals surface area contributed by atoms with Gasteiger partial charge in [0.1, 0.15) is 6.04 Å². The van der Waals surface area contributed by atoms with E-state index >= 15 is 0 Å². The topological polar surface area (TPSA) is 67.6 Å². The zero-order valence-corrected chi connectivity index (χ0v) is 12.5. The van der Waals surface area contributed by atoms with Gasteiger partial charge in [0.05, 0.1) is 6.61 Å². The van der Waals surface area contributed by atoms with Crippen LogP contribution in [-0.2, 0) is 16.1 Å². The molecule has 0 radical (unpaired) electrons. The molecular formula is C15H25N3O2. The number of benzene rings is 1. The lowest BCUT2D eigenvalue weighted by Crippen LogP contribution is -2.47. The average molecular weight is 279 g/mol. The molecule has 0 aliphatic carbocycles. The minimum absolute atomic E-state index is 0.174. The van der Waals surface area contributed by atoms with Crippen LogP contribution in [0.5, 0.6) is 0 Å². The first-order valence-electron chi connectivity index (χ1n) is 6.81.